The fraction of sp³-hybridized carbons (Fsp3) is 0.706. The number of rotatable bonds is 8. The van der Waals surface area contributed by atoms with Crippen molar-refractivity contribution in [1.82, 2.24) is 15.5 Å². The Morgan fingerprint density at radius 1 is 1.52 bits per heavy atom. The smallest absolute Gasteiger partial charge is 0.191 e. The summed E-state index contributed by atoms with van der Waals surface area (Å²) in [4.78, 5) is 6.91. The quantitative estimate of drug-likeness (QED) is 0.500. The highest BCUT2D eigenvalue weighted by Gasteiger charge is 2.29. The van der Waals surface area contributed by atoms with Crippen molar-refractivity contribution in [3.63, 3.8) is 0 Å². The van der Waals surface area contributed by atoms with Gasteiger partial charge in [0.15, 0.2) is 5.96 Å². The topological polar surface area (TPSA) is 73.0 Å². The predicted molar refractivity (Wildman–Crippen MR) is 92.5 cm³/mol. The molecule has 0 spiro atoms. The maximum atomic E-state index is 10.5. The first-order valence-corrected chi connectivity index (χ1v) is 8.44. The van der Waals surface area contributed by atoms with Crippen LogP contribution in [-0.2, 0) is 5.60 Å². The van der Waals surface area contributed by atoms with E-state index in [1.54, 1.807) is 25.3 Å². The summed E-state index contributed by atoms with van der Waals surface area (Å²) < 4.78 is 5.29. The molecule has 0 bridgehead atoms. The van der Waals surface area contributed by atoms with Gasteiger partial charge in [0.1, 0.15) is 11.4 Å². The monoisotopic (exact) mass is 322 g/mol. The molecule has 6 heteroatoms. The lowest BCUT2D eigenvalue weighted by atomic mass is 10.0. The van der Waals surface area contributed by atoms with Crippen molar-refractivity contribution in [2.24, 2.45) is 4.99 Å². The number of furan rings is 1. The van der Waals surface area contributed by atoms with Crippen molar-refractivity contribution in [3.8, 4) is 0 Å². The molecule has 23 heavy (non-hydrogen) atoms. The molecule has 1 aliphatic carbocycles. The SMILES string of the molecule is CCNC(=NCC(C)(O)c1ccco1)NCC(C)N(C)C1CC1. The summed E-state index contributed by atoms with van der Waals surface area (Å²) in [5.74, 6) is 1.24. The first kappa shape index (κ1) is 17.8. The molecule has 1 saturated carbocycles. The molecule has 0 aromatic carbocycles. The van der Waals surface area contributed by atoms with Gasteiger partial charge in [-0.3, -0.25) is 4.90 Å². The largest absolute Gasteiger partial charge is 0.466 e. The number of aliphatic hydroxyl groups is 1. The fourth-order valence-electron chi connectivity index (χ4n) is 2.47. The van der Waals surface area contributed by atoms with Gasteiger partial charge in [-0.15, -0.1) is 0 Å². The molecular formula is C17H30N4O2. The van der Waals surface area contributed by atoms with Gasteiger partial charge in [-0.1, -0.05) is 0 Å². The summed E-state index contributed by atoms with van der Waals surface area (Å²) in [6.07, 6.45) is 4.17. The van der Waals surface area contributed by atoms with E-state index < -0.39 is 5.60 Å². The zero-order chi connectivity index (χ0) is 16.9. The third kappa shape index (κ3) is 5.25. The lowest BCUT2D eigenvalue weighted by molar-refractivity contribution is 0.0437. The molecule has 1 heterocycles. The van der Waals surface area contributed by atoms with Crippen LogP contribution >= 0.6 is 0 Å². The summed E-state index contributed by atoms with van der Waals surface area (Å²) in [7, 11) is 2.18. The molecule has 0 saturated heterocycles. The normalized spacial score (nSPS) is 19.5. The van der Waals surface area contributed by atoms with Crippen molar-refractivity contribution < 1.29 is 9.52 Å². The summed E-state index contributed by atoms with van der Waals surface area (Å²) in [5.41, 5.74) is -1.11. The van der Waals surface area contributed by atoms with Crippen LogP contribution in [0.2, 0.25) is 0 Å². The maximum Gasteiger partial charge on any atom is 0.191 e. The Bertz CT molecular complexity index is 495. The van der Waals surface area contributed by atoms with Crippen LogP contribution in [0.4, 0.5) is 0 Å². The minimum Gasteiger partial charge on any atom is -0.466 e. The van der Waals surface area contributed by atoms with Gasteiger partial charge in [-0.05, 0) is 52.8 Å². The van der Waals surface area contributed by atoms with E-state index in [2.05, 4.69) is 34.5 Å². The second kappa shape index (κ2) is 7.84. The second-order valence-electron chi connectivity index (χ2n) is 6.57. The molecule has 0 radical (unpaired) electrons. The number of hydrogen-bond acceptors (Lipinski definition) is 4. The molecule has 130 valence electrons. The van der Waals surface area contributed by atoms with Crippen molar-refractivity contribution in [3.05, 3.63) is 24.2 Å². The Balaban J connectivity index is 1.89. The van der Waals surface area contributed by atoms with E-state index in [9.17, 15) is 5.11 Å². The molecule has 1 aliphatic rings. The van der Waals surface area contributed by atoms with E-state index in [1.807, 2.05) is 6.92 Å². The highest BCUT2D eigenvalue weighted by Crippen LogP contribution is 2.26. The van der Waals surface area contributed by atoms with Gasteiger partial charge in [-0.2, -0.15) is 0 Å². The Morgan fingerprint density at radius 2 is 2.26 bits per heavy atom. The van der Waals surface area contributed by atoms with Crippen molar-refractivity contribution >= 4 is 5.96 Å². The number of nitrogens with one attached hydrogen (secondary N) is 2. The molecule has 2 rings (SSSR count). The van der Waals surface area contributed by atoms with E-state index in [0.717, 1.165) is 25.1 Å². The van der Waals surface area contributed by atoms with Crippen LogP contribution in [0.3, 0.4) is 0 Å². The van der Waals surface area contributed by atoms with Gasteiger partial charge in [0.25, 0.3) is 0 Å². The highest BCUT2D eigenvalue weighted by atomic mass is 16.4. The highest BCUT2D eigenvalue weighted by molar-refractivity contribution is 5.79. The van der Waals surface area contributed by atoms with Crippen LogP contribution in [-0.4, -0.2) is 54.7 Å². The second-order valence-corrected chi connectivity index (χ2v) is 6.57. The van der Waals surface area contributed by atoms with Crippen LogP contribution in [0.15, 0.2) is 27.8 Å². The summed E-state index contributed by atoms with van der Waals surface area (Å²) in [6.45, 7) is 7.80. The van der Waals surface area contributed by atoms with E-state index in [4.69, 9.17) is 4.42 Å². The van der Waals surface area contributed by atoms with Gasteiger partial charge in [0.2, 0.25) is 0 Å². The summed E-state index contributed by atoms with van der Waals surface area (Å²) >= 11 is 0. The zero-order valence-electron chi connectivity index (χ0n) is 14.7. The van der Waals surface area contributed by atoms with Crippen molar-refractivity contribution in [1.29, 1.82) is 0 Å². The summed E-state index contributed by atoms with van der Waals surface area (Å²) in [5, 5.41) is 17.0. The van der Waals surface area contributed by atoms with Crippen LogP contribution < -0.4 is 10.6 Å². The number of likely N-dealkylation sites (N-methyl/N-ethyl adjacent to an activating group) is 1. The lowest BCUT2D eigenvalue weighted by Gasteiger charge is -2.26. The van der Waals surface area contributed by atoms with E-state index in [0.29, 0.717) is 11.8 Å². The van der Waals surface area contributed by atoms with Crippen LogP contribution in [0, 0.1) is 0 Å². The number of aliphatic imine (C=N–C) groups is 1. The molecule has 2 atom stereocenters. The Labute approximate surface area is 139 Å². The van der Waals surface area contributed by atoms with Crippen LogP contribution in [0.1, 0.15) is 39.4 Å². The standard InChI is InChI=1S/C17H30N4O2/c1-5-18-16(19-11-13(2)21(4)14-8-9-14)20-12-17(3,22)15-7-6-10-23-15/h6-7,10,13-14,22H,5,8-9,11-12H2,1-4H3,(H2,18,19,20). The van der Waals surface area contributed by atoms with Gasteiger partial charge in [0.05, 0.1) is 12.8 Å². The molecule has 0 amide bonds. The molecular weight excluding hydrogens is 292 g/mol. The van der Waals surface area contributed by atoms with E-state index >= 15 is 0 Å². The Morgan fingerprint density at radius 3 is 2.83 bits per heavy atom. The minimum absolute atomic E-state index is 0.239. The van der Waals surface area contributed by atoms with Gasteiger partial charge in [0, 0.05) is 25.2 Å². The third-order valence-corrected chi connectivity index (χ3v) is 4.32. The predicted octanol–water partition coefficient (Wildman–Crippen LogP) is 1.52. The number of hydrogen-bond donors (Lipinski definition) is 3. The lowest BCUT2D eigenvalue weighted by Crippen LogP contribution is -2.46. The first-order valence-electron chi connectivity index (χ1n) is 8.44. The zero-order valence-corrected chi connectivity index (χ0v) is 14.7. The molecule has 3 N–H and O–H groups in total. The Kier molecular flexibility index (Phi) is 6.07. The summed E-state index contributed by atoms with van der Waals surface area (Å²) in [6, 6.07) is 4.72. The first-order chi connectivity index (χ1) is 10.9. The Hall–Kier alpha value is -1.53. The molecule has 0 aliphatic heterocycles. The molecule has 1 fully saturated rings. The maximum absolute atomic E-state index is 10.5. The number of nitrogens with zero attached hydrogens (tertiary/aromatic N) is 2. The average Bonchev–Trinajstić information content (AvgIpc) is 3.22. The van der Waals surface area contributed by atoms with Crippen molar-refractivity contribution in [2.45, 2.75) is 51.3 Å². The van der Waals surface area contributed by atoms with Crippen LogP contribution in [0.25, 0.3) is 0 Å². The van der Waals surface area contributed by atoms with E-state index in [1.165, 1.54) is 12.8 Å². The van der Waals surface area contributed by atoms with Gasteiger partial charge < -0.3 is 20.2 Å². The fourth-order valence-corrected chi connectivity index (χ4v) is 2.47. The minimum atomic E-state index is -1.11. The molecule has 1 aromatic rings. The molecule has 1 aromatic heterocycles. The van der Waals surface area contributed by atoms with Crippen molar-refractivity contribution in [2.75, 3.05) is 26.7 Å². The number of guanidine groups is 1. The molecule has 6 nitrogen and oxygen atoms in total. The van der Waals surface area contributed by atoms with Crippen LogP contribution in [0.5, 0.6) is 0 Å². The molecule has 2 unspecified atom stereocenters. The third-order valence-electron chi connectivity index (χ3n) is 4.32. The van der Waals surface area contributed by atoms with E-state index in [-0.39, 0.29) is 6.54 Å². The van der Waals surface area contributed by atoms with Gasteiger partial charge in [-0.25, -0.2) is 4.99 Å². The van der Waals surface area contributed by atoms with Gasteiger partial charge >= 0.3 is 0 Å². The average molecular weight is 322 g/mol.